The molecule has 5 rings (SSSR count). The van der Waals surface area contributed by atoms with Gasteiger partial charge in [0.05, 0.1) is 6.04 Å². The number of anilines is 1. The lowest BCUT2D eigenvalue weighted by molar-refractivity contribution is 0.468. The molecule has 0 radical (unpaired) electrons. The van der Waals surface area contributed by atoms with Gasteiger partial charge in [0.15, 0.2) is 0 Å². The summed E-state index contributed by atoms with van der Waals surface area (Å²) in [5.74, 6) is 0.253. The van der Waals surface area contributed by atoms with Gasteiger partial charge < -0.3 is 10.4 Å². The van der Waals surface area contributed by atoms with Crippen LogP contribution in [-0.4, -0.2) is 15.3 Å². The lowest BCUT2D eigenvalue weighted by Gasteiger charge is -2.22. The third-order valence-corrected chi connectivity index (χ3v) is 5.99. The first kappa shape index (κ1) is 18.3. The highest BCUT2D eigenvalue weighted by molar-refractivity contribution is 7.18. The van der Waals surface area contributed by atoms with E-state index in [0.29, 0.717) is 5.13 Å². The van der Waals surface area contributed by atoms with Crippen LogP contribution in [0.3, 0.4) is 0 Å². The standard InChI is InChI=1S/C25H19N3OS/c29-21-16-15-17-9-7-8-14-20(17)22(21)23(18-10-3-1-4-11-18)26-25-28-27-24(30-25)19-12-5-2-6-13-19/h1-16,23,29H,(H,26,28). The van der Waals surface area contributed by atoms with Gasteiger partial charge >= 0.3 is 0 Å². The van der Waals surface area contributed by atoms with Crippen LogP contribution in [0.25, 0.3) is 21.3 Å². The van der Waals surface area contributed by atoms with E-state index < -0.39 is 0 Å². The molecular weight excluding hydrogens is 390 g/mol. The highest BCUT2D eigenvalue weighted by atomic mass is 32.1. The van der Waals surface area contributed by atoms with Crippen LogP contribution < -0.4 is 5.32 Å². The van der Waals surface area contributed by atoms with Crippen molar-refractivity contribution in [1.82, 2.24) is 10.2 Å². The van der Waals surface area contributed by atoms with Crippen LogP contribution in [0.1, 0.15) is 17.2 Å². The van der Waals surface area contributed by atoms with E-state index >= 15 is 0 Å². The quantitative estimate of drug-likeness (QED) is 0.359. The van der Waals surface area contributed by atoms with Crippen molar-refractivity contribution < 1.29 is 5.11 Å². The molecule has 146 valence electrons. The van der Waals surface area contributed by atoms with E-state index in [-0.39, 0.29) is 11.8 Å². The Bertz CT molecular complexity index is 1290. The van der Waals surface area contributed by atoms with E-state index in [4.69, 9.17) is 0 Å². The summed E-state index contributed by atoms with van der Waals surface area (Å²) < 4.78 is 0. The minimum Gasteiger partial charge on any atom is -0.508 e. The molecule has 0 aliphatic rings. The fourth-order valence-electron chi connectivity index (χ4n) is 3.66. The van der Waals surface area contributed by atoms with Crippen molar-refractivity contribution in [2.45, 2.75) is 6.04 Å². The zero-order valence-corrected chi connectivity index (χ0v) is 16.9. The molecule has 1 aromatic heterocycles. The average Bonchev–Trinajstić information content (AvgIpc) is 3.28. The summed E-state index contributed by atoms with van der Waals surface area (Å²) in [5, 5.41) is 26.7. The number of fused-ring (bicyclic) bond motifs is 1. The van der Waals surface area contributed by atoms with Crippen LogP contribution in [0.15, 0.2) is 97.1 Å². The first-order chi connectivity index (χ1) is 14.8. The van der Waals surface area contributed by atoms with Gasteiger partial charge in [-0.25, -0.2) is 0 Å². The van der Waals surface area contributed by atoms with Crippen LogP contribution in [0.5, 0.6) is 5.75 Å². The Labute approximate surface area is 178 Å². The third-order valence-electron chi connectivity index (χ3n) is 5.08. The number of rotatable bonds is 5. The smallest absolute Gasteiger partial charge is 0.206 e. The van der Waals surface area contributed by atoms with E-state index in [1.165, 1.54) is 11.3 Å². The number of phenolic OH excluding ortho intramolecular Hbond substituents is 1. The number of nitrogens with zero attached hydrogens (tertiary/aromatic N) is 2. The molecule has 0 saturated heterocycles. The van der Waals surface area contributed by atoms with E-state index in [9.17, 15) is 5.11 Å². The summed E-state index contributed by atoms with van der Waals surface area (Å²) >= 11 is 1.50. The molecule has 30 heavy (non-hydrogen) atoms. The molecule has 0 aliphatic heterocycles. The highest BCUT2D eigenvalue weighted by Crippen LogP contribution is 2.38. The Kier molecular flexibility index (Phi) is 4.87. The van der Waals surface area contributed by atoms with Crippen LogP contribution in [0, 0.1) is 0 Å². The maximum atomic E-state index is 10.8. The Morgan fingerprint density at radius 1 is 0.733 bits per heavy atom. The van der Waals surface area contributed by atoms with Gasteiger partial charge in [-0.1, -0.05) is 102 Å². The van der Waals surface area contributed by atoms with Crippen molar-refractivity contribution in [3.8, 4) is 16.3 Å². The Morgan fingerprint density at radius 3 is 2.23 bits per heavy atom. The first-order valence-electron chi connectivity index (χ1n) is 9.70. The summed E-state index contributed by atoms with van der Waals surface area (Å²) in [6.07, 6.45) is 0. The molecule has 0 bridgehead atoms. The van der Waals surface area contributed by atoms with Gasteiger partial charge in [0.25, 0.3) is 0 Å². The fourth-order valence-corrected chi connectivity index (χ4v) is 4.43. The Hall–Kier alpha value is -3.70. The predicted molar refractivity (Wildman–Crippen MR) is 123 cm³/mol. The van der Waals surface area contributed by atoms with E-state index in [2.05, 4.69) is 33.7 Å². The minimum atomic E-state index is -0.270. The van der Waals surface area contributed by atoms with Gasteiger partial charge in [-0.3, -0.25) is 0 Å². The maximum Gasteiger partial charge on any atom is 0.206 e. The number of benzene rings is 4. The Morgan fingerprint density at radius 2 is 1.43 bits per heavy atom. The van der Waals surface area contributed by atoms with Gasteiger partial charge in [0, 0.05) is 11.1 Å². The minimum absolute atomic E-state index is 0.253. The second-order valence-corrected chi connectivity index (χ2v) is 7.96. The SMILES string of the molecule is Oc1ccc2ccccc2c1C(Nc1nnc(-c2ccccc2)s1)c1ccccc1. The average molecular weight is 410 g/mol. The van der Waals surface area contributed by atoms with Crippen LogP contribution in [-0.2, 0) is 0 Å². The molecule has 0 spiro atoms. The lowest BCUT2D eigenvalue weighted by Crippen LogP contribution is -2.13. The summed E-state index contributed by atoms with van der Waals surface area (Å²) in [6, 6.07) is 31.6. The number of phenols is 1. The fraction of sp³-hybridized carbons (Fsp3) is 0.0400. The largest absolute Gasteiger partial charge is 0.508 e. The van der Waals surface area contributed by atoms with Crippen molar-refractivity contribution in [2.24, 2.45) is 0 Å². The molecule has 0 fully saturated rings. The molecule has 0 saturated carbocycles. The molecule has 0 amide bonds. The number of hydrogen-bond donors (Lipinski definition) is 2. The van der Waals surface area contributed by atoms with E-state index in [1.807, 2.05) is 72.8 Å². The van der Waals surface area contributed by atoms with Crippen LogP contribution in [0.4, 0.5) is 5.13 Å². The molecule has 1 heterocycles. The van der Waals surface area contributed by atoms with Gasteiger partial charge in [0.2, 0.25) is 5.13 Å². The van der Waals surface area contributed by atoms with Gasteiger partial charge in [-0.05, 0) is 22.4 Å². The third kappa shape index (κ3) is 3.51. The zero-order chi connectivity index (χ0) is 20.3. The summed E-state index contributed by atoms with van der Waals surface area (Å²) in [7, 11) is 0. The highest BCUT2D eigenvalue weighted by Gasteiger charge is 2.22. The van der Waals surface area contributed by atoms with Gasteiger partial charge in [0.1, 0.15) is 10.8 Å². The summed E-state index contributed by atoms with van der Waals surface area (Å²) in [6.45, 7) is 0. The Balaban J connectivity index is 1.60. The molecular formula is C25H19N3OS. The molecule has 5 heteroatoms. The van der Waals surface area contributed by atoms with Crippen molar-refractivity contribution in [3.63, 3.8) is 0 Å². The zero-order valence-electron chi connectivity index (χ0n) is 16.1. The van der Waals surface area contributed by atoms with E-state index in [1.54, 1.807) is 6.07 Å². The monoisotopic (exact) mass is 409 g/mol. The molecule has 5 aromatic rings. The molecule has 4 aromatic carbocycles. The molecule has 0 aliphatic carbocycles. The molecule has 1 atom stereocenters. The number of nitrogens with one attached hydrogen (secondary N) is 1. The van der Waals surface area contributed by atoms with E-state index in [0.717, 1.165) is 32.5 Å². The first-order valence-corrected chi connectivity index (χ1v) is 10.5. The number of hydrogen-bond acceptors (Lipinski definition) is 5. The van der Waals surface area contributed by atoms with Crippen molar-refractivity contribution in [1.29, 1.82) is 0 Å². The normalized spacial score (nSPS) is 12.0. The van der Waals surface area contributed by atoms with Gasteiger partial charge in [-0.15, -0.1) is 10.2 Å². The van der Waals surface area contributed by atoms with Gasteiger partial charge in [-0.2, -0.15) is 0 Å². The van der Waals surface area contributed by atoms with Crippen LogP contribution >= 0.6 is 11.3 Å². The molecule has 2 N–H and O–H groups in total. The summed E-state index contributed by atoms with van der Waals surface area (Å²) in [4.78, 5) is 0. The van der Waals surface area contributed by atoms with Crippen LogP contribution in [0.2, 0.25) is 0 Å². The second kappa shape index (κ2) is 7.97. The summed E-state index contributed by atoms with van der Waals surface area (Å²) in [5.41, 5.74) is 2.91. The second-order valence-electron chi connectivity index (χ2n) is 6.99. The maximum absolute atomic E-state index is 10.8. The lowest BCUT2D eigenvalue weighted by atomic mass is 9.93. The van der Waals surface area contributed by atoms with Crippen molar-refractivity contribution in [2.75, 3.05) is 5.32 Å². The number of aromatic hydroxyl groups is 1. The number of aromatic nitrogens is 2. The molecule has 1 unspecified atom stereocenters. The van der Waals surface area contributed by atoms with Crippen molar-refractivity contribution in [3.05, 3.63) is 108 Å². The molecule has 4 nitrogen and oxygen atoms in total. The predicted octanol–water partition coefficient (Wildman–Crippen LogP) is 6.27. The topological polar surface area (TPSA) is 58.0 Å². The van der Waals surface area contributed by atoms with Crippen molar-refractivity contribution >= 4 is 27.2 Å².